The SMILES string of the molecule is COc1ccc(-c2cc(C)ncn2)c(F)c1. The van der Waals surface area contributed by atoms with E-state index in [2.05, 4.69) is 9.97 Å². The highest BCUT2D eigenvalue weighted by Gasteiger charge is 2.07. The minimum absolute atomic E-state index is 0.350. The van der Waals surface area contributed by atoms with E-state index in [9.17, 15) is 4.39 Å². The van der Waals surface area contributed by atoms with Gasteiger partial charge in [-0.2, -0.15) is 0 Å². The zero-order valence-electron chi connectivity index (χ0n) is 9.07. The summed E-state index contributed by atoms with van der Waals surface area (Å²) >= 11 is 0. The number of hydrogen-bond donors (Lipinski definition) is 0. The van der Waals surface area contributed by atoms with Gasteiger partial charge in [0.05, 0.1) is 12.8 Å². The molecule has 1 heterocycles. The van der Waals surface area contributed by atoms with E-state index >= 15 is 0 Å². The van der Waals surface area contributed by atoms with Gasteiger partial charge in [-0.1, -0.05) is 0 Å². The van der Waals surface area contributed by atoms with Crippen LogP contribution in [0.15, 0.2) is 30.6 Å². The minimum Gasteiger partial charge on any atom is -0.497 e. The van der Waals surface area contributed by atoms with Crippen molar-refractivity contribution < 1.29 is 9.13 Å². The first-order valence-corrected chi connectivity index (χ1v) is 4.83. The molecule has 3 nitrogen and oxygen atoms in total. The molecule has 0 unspecified atom stereocenters. The van der Waals surface area contributed by atoms with E-state index in [0.29, 0.717) is 17.0 Å². The molecule has 2 aromatic rings. The van der Waals surface area contributed by atoms with Crippen LogP contribution in [0, 0.1) is 12.7 Å². The molecule has 1 aromatic carbocycles. The molecule has 0 aliphatic rings. The van der Waals surface area contributed by atoms with E-state index in [4.69, 9.17) is 4.74 Å². The fraction of sp³-hybridized carbons (Fsp3) is 0.167. The fourth-order valence-corrected chi connectivity index (χ4v) is 1.43. The van der Waals surface area contributed by atoms with Crippen molar-refractivity contribution >= 4 is 0 Å². The summed E-state index contributed by atoms with van der Waals surface area (Å²) in [7, 11) is 1.50. The molecule has 0 spiro atoms. The van der Waals surface area contributed by atoms with Gasteiger partial charge in [0.15, 0.2) is 0 Å². The molecular formula is C12H11FN2O. The summed E-state index contributed by atoms with van der Waals surface area (Å²) in [6.07, 6.45) is 1.42. The maximum atomic E-state index is 13.7. The number of hydrogen-bond acceptors (Lipinski definition) is 3. The monoisotopic (exact) mass is 218 g/mol. The number of aromatic nitrogens is 2. The summed E-state index contributed by atoms with van der Waals surface area (Å²) in [5.41, 5.74) is 1.83. The molecule has 0 bridgehead atoms. The van der Waals surface area contributed by atoms with Crippen LogP contribution in [-0.2, 0) is 0 Å². The number of rotatable bonds is 2. The zero-order chi connectivity index (χ0) is 11.5. The normalized spacial score (nSPS) is 10.2. The van der Waals surface area contributed by atoms with Gasteiger partial charge in [-0.05, 0) is 25.1 Å². The van der Waals surface area contributed by atoms with Gasteiger partial charge in [0, 0.05) is 17.3 Å². The van der Waals surface area contributed by atoms with Crippen molar-refractivity contribution in [2.24, 2.45) is 0 Å². The molecule has 0 amide bonds. The van der Waals surface area contributed by atoms with Gasteiger partial charge < -0.3 is 4.74 Å². The molecule has 16 heavy (non-hydrogen) atoms. The van der Waals surface area contributed by atoms with Crippen LogP contribution in [0.1, 0.15) is 5.69 Å². The summed E-state index contributed by atoms with van der Waals surface area (Å²) in [4.78, 5) is 8.00. The third-order valence-corrected chi connectivity index (χ3v) is 2.26. The van der Waals surface area contributed by atoms with Gasteiger partial charge in [0.2, 0.25) is 0 Å². The first-order valence-electron chi connectivity index (χ1n) is 4.83. The second-order valence-corrected chi connectivity index (χ2v) is 3.39. The van der Waals surface area contributed by atoms with Gasteiger partial charge in [-0.15, -0.1) is 0 Å². The molecule has 4 heteroatoms. The third-order valence-electron chi connectivity index (χ3n) is 2.26. The Labute approximate surface area is 92.9 Å². The maximum Gasteiger partial charge on any atom is 0.136 e. The molecule has 0 saturated carbocycles. The predicted octanol–water partition coefficient (Wildman–Crippen LogP) is 2.60. The molecule has 2 rings (SSSR count). The Kier molecular flexibility index (Phi) is 2.81. The van der Waals surface area contributed by atoms with Crippen LogP contribution < -0.4 is 4.74 Å². The quantitative estimate of drug-likeness (QED) is 0.777. The van der Waals surface area contributed by atoms with Crippen molar-refractivity contribution in [1.82, 2.24) is 9.97 Å². The second kappa shape index (κ2) is 4.26. The Balaban J connectivity index is 2.48. The smallest absolute Gasteiger partial charge is 0.136 e. The van der Waals surface area contributed by atoms with E-state index in [1.54, 1.807) is 18.2 Å². The van der Waals surface area contributed by atoms with Crippen molar-refractivity contribution in [3.05, 3.63) is 42.1 Å². The predicted molar refractivity (Wildman–Crippen MR) is 58.7 cm³/mol. The molecular weight excluding hydrogens is 207 g/mol. The highest BCUT2D eigenvalue weighted by atomic mass is 19.1. The largest absolute Gasteiger partial charge is 0.497 e. The number of benzene rings is 1. The summed E-state index contributed by atoms with van der Waals surface area (Å²) in [5, 5.41) is 0. The lowest BCUT2D eigenvalue weighted by atomic mass is 10.1. The lowest BCUT2D eigenvalue weighted by Gasteiger charge is -2.05. The summed E-state index contributed by atoms with van der Waals surface area (Å²) in [6.45, 7) is 1.84. The van der Waals surface area contributed by atoms with Crippen molar-refractivity contribution in [2.75, 3.05) is 7.11 Å². The van der Waals surface area contributed by atoms with Crippen molar-refractivity contribution in [2.45, 2.75) is 6.92 Å². The average molecular weight is 218 g/mol. The Morgan fingerprint density at radius 2 is 2.00 bits per heavy atom. The molecule has 0 saturated heterocycles. The van der Waals surface area contributed by atoms with Crippen LogP contribution in [0.2, 0.25) is 0 Å². The van der Waals surface area contributed by atoms with Gasteiger partial charge >= 0.3 is 0 Å². The molecule has 0 radical (unpaired) electrons. The highest BCUT2D eigenvalue weighted by Crippen LogP contribution is 2.24. The van der Waals surface area contributed by atoms with Crippen molar-refractivity contribution in [1.29, 1.82) is 0 Å². The van der Waals surface area contributed by atoms with Crippen LogP contribution in [0.4, 0.5) is 4.39 Å². The Morgan fingerprint density at radius 3 is 2.62 bits per heavy atom. The summed E-state index contributed by atoms with van der Waals surface area (Å²) in [5.74, 6) is 0.143. The molecule has 0 N–H and O–H groups in total. The number of ether oxygens (including phenoxy) is 1. The van der Waals surface area contributed by atoms with Gasteiger partial charge in [0.1, 0.15) is 17.9 Å². The van der Waals surface area contributed by atoms with E-state index in [-0.39, 0.29) is 5.82 Å². The van der Waals surface area contributed by atoms with E-state index in [1.165, 1.54) is 19.5 Å². The van der Waals surface area contributed by atoms with Gasteiger partial charge in [-0.3, -0.25) is 0 Å². The minimum atomic E-state index is -0.350. The van der Waals surface area contributed by atoms with E-state index < -0.39 is 0 Å². The summed E-state index contributed by atoms with van der Waals surface area (Å²) < 4.78 is 18.7. The van der Waals surface area contributed by atoms with Gasteiger partial charge in [-0.25, -0.2) is 14.4 Å². The lowest BCUT2D eigenvalue weighted by Crippen LogP contribution is -1.92. The fourth-order valence-electron chi connectivity index (χ4n) is 1.43. The number of aryl methyl sites for hydroxylation is 1. The Bertz CT molecular complexity index is 514. The van der Waals surface area contributed by atoms with Crippen molar-refractivity contribution in [3.63, 3.8) is 0 Å². The van der Waals surface area contributed by atoms with Gasteiger partial charge in [0.25, 0.3) is 0 Å². The lowest BCUT2D eigenvalue weighted by molar-refractivity contribution is 0.411. The zero-order valence-corrected chi connectivity index (χ0v) is 9.07. The third kappa shape index (κ3) is 2.00. The molecule has 0 atom stereocenters. The molecule has 0 aliphatic heterocycles. The topological polar surface area (TPSA) is 35.0 Å². The molecule has 0 fully saturated rings. The average Bonchev–Trinajstić information content (AvgIpc) is 2.28. The van der Waals surface area contributed by atoms with E-state index in [1.807, 2.05) is 6.92 Å². The van der Waals surface area contributed by atoms with Crippen LogP contribution in [0.3, 0.4) is 0 Å². The highest BCUT2D eigenvalue weighted by molar-refractivity contribution is 5.61. The molecule has 82 valence electrons. The van der Waals surface area contributed by atoms with Crippen LogP contribution in [0.5, 0.6) is 5.75 Å². The van der Waals surface area contributed by atoms with Crippen LogP contribution >= 0.6 is 0 Å². The second-order valence-electron chi connectivity index (χ2n) is 3.39. The molecule has 1 aromatic heterocycles. The number of methoxy groups -OCH3 is 1. The first kappa shape index (κ1) is 10.5. The number of halogens is 1. The maximum absolute atomic E-state index is 13.7. The summed E-state index contributed by atoms with van der Waals surface area (Å²) in [6, 6.07) is 6.43. The number of nitrogens with zero attached hydrogens (tertiary/aromatic N) is 2. The van der Waals surface area contributed by atoms with E-state index in [0.717, 1.165) is 5.69 Å². The Hall–Kier alpha value is -1.97. The first-order chi connectivity index (χ1) is 7.70. The standard InChI is InChI=1S/C12H11FN2O/c1-8-5-12(15-7-14-8)10-4-3-9(16-2)6-11(10)13/h3-7H,1-2H3. The van der Waals surface area contributed by atoms with Crippen LogP contribution in [0.25, 0.3) is 11.3 Å². The Morgan fingerprint density at radius 1 is 1.19 bits per heavy atom. The van der Waals surface area contributed by atoms with Crippen LogP contribution in [-0.4, -0.2) is 17.1 Å². The van der Waals surface area contributed by atoms with Crippen molar-refractivity contribution in [3.8, 4) is 17.0 Å². The molecule has 0 aliphatic carbocycles.